The number of hydrogen-bond donors (Lipinski definition) is 1. The summed E-state index contributed by atoms with van der Waals surface area (Å²) in [6.07, 6.45) is 1.46. The van der Waals surface area contributed by atoms with Crippen LogP contribution in [0.3, 0.4) is 0 Å². The van der Waals surface area contributed by atoms with Crippen LogP contribution in [0, 0.1) is 0 Å². The molecule has 0 bridgehead atoms. The van der Waals surface area contributed by atoms with Crippen LogP contribution in [0.5, 0.6) is 5.88 Å². The second-order valence-electron chi connectivity index (χ2n) is 3.82. The summed E-state index contributed by atoms with van der Waals surface area (Å²) >= 11 is 1.60. The van der Waals surface area contributed by atoms with E-state index in [1.54, 1.807) is 18.9 Å². The molecule has 2 N–H and O–H groups in total. The highest BCUT2D eigenvalue weighted by molar-refractivity contribution is 8.00. The van der Waals surface area contributed by atoms with E-state index in [1.165, 1.54) is 6.33 Å². The van der Waals surface area contributed by atoms with Gasteiger partial charge in [0.25, 0.3) is 0 Å². The molecule has 14 heavy (non-hydrogen) atoms. The van der Waals surface area contributed by atoms with Crippen molar-refractivity contribution in [2.75, 3.05) is 12.8 Å². The van der Waals surface area contributed by atoms with Crippen molar-refractivity contribution in [2.45, 2.75) is 30.5 Å². The average Bonchev–Trinajstić information content (AvgIpc) is 2.06. The van der Waals surface area contributed by atoms with Crippen LogP contribution in [-0.4, -0.2) is 21.8 Å². The van der Waals surface area contributed by atoms with Crippen molar-refractivity contribution in [3.8, 4) is 5.88 Å². The van der Waals surface area contributed by atoms with Crippen molar-refractivity contribution >= 4 is 17.4 Å². The van der Waals surface area contributed by atoms with Gasteiger partial charge >= 0.3 is 0 Å². The Kier molecular flexibility index (Phi) is 3.21. The highest BCUT2D eigenvalue weighted by atomic mass is 32.2. The number of rotatable bonds is 2. The Morgan fingerprint density at radius 1 is 1.36 bits per heavy atom. The third kappa shape index (κ3) is 2.77. The first-order valence-corrected chi connectivity index (χ1v) is 5.09. The summed E-state index contributed by atoms with van der Waals surface area (Å²) in [5.41, 5.74) is 6.34. The molecule has 0 atom stereocenters. The summed E-state index contributed by atoms with van der Waals surface area (Å²) in [7, 11) is 1.55. The third-order valence-electron chi connectivity index (χ3n) is 1.41. The second-order valence-corrected chi connectivity index (χ2v) is 5.63. The van der Waals surface area contributed by atoms with Crippen LogP contribution in [0.1, 0.15) is 20.8 Å². The highest BCUT2D eigenvalue weighted by Crippen LogP contribution is 2.36. The minimum Gasteiger partial charge on any atom is -0.479 e. The fourth-order valence-corrected chi connectivity index (χ4v) is 1.78. The van der Waals surface area contributed by atoms with Gasteiger partial charge in [0.1, 0.15) is 17.0 Å². The SMILES string of the molecule is COc1ncnc(SC(C)(C)C)c1N. The van der Waals surface area contributed by atoms with E-state index in [4.69, 9.17) is 10.5 Å². The molecule has 1 aromatic heterocycles. The summed E-state index contributed by atoms with van der Waals surface area (Å²) in [4.78, 5) is 8.03. The Hall–Kier alpha value is -0.970. The lowest BCUT2D eigenvalue weighted by Crippen LogP contribution is -2.09. The molecule has 0 aliphatic heterocycles. The first-order chi connectivity index (χ1) is 6.44. The van der Waals surface area contributed by atoms with E-state index >= 15 is 0 Å². The van der Waals surface area contributed by atoms with Gasteiger partial charge in [0.2, 0.25) is 5.88 Å². The largest absolute Gasteiger partial charge is 0.479 e. The van der Waals surface area contributed by atoms with Gasteiger partial charge in [-0.3, -0.25) is 0 Å². The van der Waals surface area contributed by atoms with Crippen LogP contribution in [-0.2, 0) is 0 Å². The fourth-order valence-electron chi connectivity index (χ4n) is 0.898. The summed E-state index contributed by atoms with van der Waals surface area (Å²) in [6.45, 7) is 6.31. The molecule has 0 saturated carbocycles. The van der Waals surface area contributed by atoms with Gasteiger partial charge < -0.3 is 10.5 Å². The van der Waals surface area contributed by atoms with Crippen LogP contribution in [0.15, 0.2) is 11.4 Å². The lowest BCUT2D eigenvalue weighted by Gasteiger charge is -2.17. The maximum Gasteiger partial charge on any atom is 0.241 e. The van der Waals surface area contributed by atoms with E-state index in [0.29, 0.717) is 11.6 Å². The zero-order chi connectivity index (χ0) is 10.8. The summed E-state index contributed by atoms with van der Waals surface area (Å²) < 4.78 is 5.09. The monoisotopic (exact) mass is 213 g/mol. The van der Waals surface area contributed by atoms with Gasteiger partial charge in [-0.25, -0.2) is 4.98 Å². The predicted octanol–water partition coefficient (Wildman–Crippen LogP) is 1.96. The molecule has 0 spiro atoms. The van der Waals surface area contributed by atoms with Gasteiger partial charge in [0.15, 0.2) is 0 Å². The van der Waals surface area contributed by atoms with Crippen LogP contribution in [0.4, 0.5) is 5.69 Å². The lowest BCUT2D eigenvalue weighted by molar-refractivity contribution is 0.397. The van der Waals surface area contributed by atoms with Crippen molar-refractivity contribution in [1.29, 1.82) is 0 Å². The lowest BCUT2D eigenvalue weighted by atomic mass is 10.3. The number of aromatic nitrogens is 2. The van der Waals surface area contributed by atoms with Crippen molar-refractivity contribution in [3.63, 3.8) is 0 Å². The zero-order valence-corrected chi connectivity index (χ0v) is 9.68. The normalized spacial score (nSPS) is 11.4. The molecule has 0 aromatic carbocycles. The molecule has 1 aromatic rings. The Morgan fingerprint density at radius 3 is 2.50 bits per heavy atom. The van der Waals surface area contributed by atoms with Gasteiger partial charge in [-0.15, -0.1) is 0 Å². The minimum atomic E-state index is 0.0769. The van der Waals surface area contributed by atoms with E-state index in [1.807, 2.05) is 0 Å². The maximum absolute atomic E-state index is 5.83. The van der Waals surface area contributed by atoms with Gasteiger partial charge in [-0.05, 0) is 0 Å². The van der Waals surface area contributed by atoms with Gasteiger partial charge in [-0.1, -0.05) is 32.5 Å². The molecule has 78 valence electrons. The van der Waals surface area contributed by atoms with E-state index in [-0.39, 0.29) is 4.75 Å². The Labute approximate surface area is 88.3 Å². The summed E-state index contributed by atoms with van der Waals surface area (Å²) in [6, 6.07) is 0. The number of thioether (sulfide) groups is 1. The van der Waals surface area contributed by atoms with E-state index in [0.717, 1.165) is 5.03 Å². The summed E-state index contributed by atoms with van der Waals surface area (Å²) in [5.74, 6) is 0.437. The quantitative estimate of drug-likeness (QED) is 0.601. The van der Waals surface area contributed by atoms with Crippen molar-refractivity contribution in [3.05, 3.63) is 6.33 Å². The van der Waals surface area contributed by atoms with Crippen molar-refractivity contribution in [2.24, 2.45) is 0 Å². The Balaban J connectivity index is 2.98. The van der Waals surface area contributed by atoms with Crippen LogP contribution >= 0.6 is 11.8 Å². The molecule has 4 nitrogen and oxygen atoms in total. The summed E-state index contributed by atoms with van der Waals surface area (Å²) in [5, 5.41) is 0.768. The number of nitrogens with two attached hydrogens (primary N) is 1. The fraction of sp³-hybridized carbons (Fsp3) is 0.556. The molecule has 0 aliphatic rings. The highest BCUT2D eigenvalue weighted by Gasteiger charge is 2.17. The third-order valence-corrected chi connectivity index (χ3v) is 2.54. The van der Waals surface area contributed by atoms with Gasteiger partial charge in [0, 0.05) is 4.75 Å². The number of ether oxygens (including phenoxy) is 1. The number of nitrogens with zero attached hydrogens (tertiary/aromatic N) is 2. The molecular formula is C9H15N3OS. The molecule has 0 radical (unpaired) electrons. The zero-order valence-electron chi connectivity index (χ0n) is 8.87. The van der Waals surface area contributed by atoms with Gasteiger partial charge in [0.05, 0.1) is 7.11 Å². The number of nitrogen functional groups attached to an aromatic ring is 1. The number of methoxy groups -OCH3 is 1. The molecule has 0 aliphatic carbocycles. The smallest absolute Gasteiger partial charge is 0.241 e. The molecule has 0 amide bonds. The molecule has 5 heteroatoms. The average molecular weight is 213 g/mol. The molecule has 0 unspecified atom stereocenters. The molecular weight excluding hydrogens is 198 g/mol. The molecule has 1 rings (SSSR count). The number of hydrogen-bond acceptors (Lipinski definition) is 5. The first kappa shape index (κ1) is 11.1. The maximum atomic E-state index is 5.83. The van der Waals surface area contributed by atoms with Crippen molar-refractivity contribution < 1.29 is 4.74 Å². The minimum absolute atomic E-state index is 0.0769. The van der Waals surface area contributed by atoms with E-state index < -0.39 is 0 Å². The first-order valence-electron chi connectivity index (χ1n) is 4.27. The molecule has 0 fully saturated rings. The number of anilines is 1. The van der Waals surface area contributed by atoms with E-state index in [2.05, 4.69) is 30.7 Å². The predicted molar refractivity (Wildman–Crippen MR) is 58.6 cm³/mol. The van der Waals surface area contributed by atoms with Gasteiger partial charge in [-0.2, -0.15) is 4.98 Å². The van der Waals surface area contributed by atoms with Crippen LogP contribution < -0.4 is 10.5 Å². The molecule has 1 heterocycles. The Morgan fingerprint density at radius 2 is 2.00 bits per heavy atom. The second kappa shape index (κ2) is 4.04. The van der Waals surface area contributed by atoms with Crippen LogP contribution in [0.25, 0.3) is 0 Å². The topological polar surface area (TPSA) is 61.0 Å². The Bertz CT molecular complexity index is 322. The standard InChI is InChI=1S/C9H15N3OS/c1-9(2,3)14-8-6(10)7(13-4)11-5-12-8/h5H,10H2,1-4H3. The molecule has 0 saturated heterocycles. The van der Waals surface area contributed by atoms with E-state index in [9.17, 15) is 0 Å². The van der Waals surface area contributed by atoms with Crippen molar-refractivity contribution in [1.82, 2.24) is 9.97 Å². The van der Waals surface area contributed by atoms with Crippen LogP contribution in [0.2, 0.25) is 0 Å².